The van der Waals surface area contributed by atoms with Crippen LogP contribution in [0.25, 0.3) is 11.4 Å². The molecule has 5 aromatic rings. The Morgan fingerprint density at radius 3 is 2.28 bits per heavy atom. The number of para-hydroxylation sites is 1. The summed E-state index contributed by atoms with van der Waals surface area (Å²) in [6.45, 7) is 4.75. The van der Waals surface area contributed by atoms with E-state index in [0.29, 0.717) is 5.92 Å². The van der Waals surface area contributed by atoms with Crippen molar-refractivity contribution in [1.29, 1.82) is 0 Å². The zero-order chi connectivity index (χ0) is 28.2. The maximum atomic E-state index is 6.90. The van der Waals surface area contributed by atoms with Crippen molar-refractivity contribution in [1.82, 2.24) is 0 Å². The van der Waals surface area contributed by atoms with Crippen molar-refractivity contribution in [3.8, 4) is 34.5 Å². The van der Waals surface area contributed by atoms with E-state index in [1.165, 1.54) is 82.9 Å². The van der Waals surface area contributed by atoms with Crippen LogP contribution in [0.3, 0.4) is 0 Å². The Kier molecular flexibility index (Phi) is 3.88. The minimum atomic E-state index is -0.649. The molecule has 7 heterocycles. The normalized spacial score (nSPS) is 21.8. The summed E-state index contributed by atoms with van der Waals surface area (Å²) in [6.07, 6.45) is 6.45. The standard InChI is InChI=1S/C38H31N3O2/c1-37(2)24-12-6-7-13-26(24)39-28-14-8-15-30-34(28)38-35-31(42-30)16-9-17-32(35)43-33-21-23(22-10-4-3-5-11-22)20-29(40(33)38)27-19-18-25(37)36(39)41(27)38/h6-9,12-22H,3-5,10-11H2,1-2H3/q+2. The molecule has 5 heteroatoms. The zero-order valence-corrected chi connectivity index (χ0v) is 24.4. The minimum absolute atomic E-state index is 0.176. The molecular weight excluding hydrogens is 530 g/mol. The number of hydrogen-bond donors (Lipinski definition) is 0. The van der Waals surface area contributed by atoms with Crippen molar-refractivity contribution in [3.63, 3.8) is 0 Å². The lowest BCUT2D eigenvalue weighted by Crippen LogP contribution is -2.75. The molecule has 11 rings (SSSR count). The van der Waals surface area contributed by atoms with E-state index in [0.717, 1.165) is 28.7 Å². The molecule has 3 aromatic carbocycles. The van der Waals surface area contributed by atoms with Crippen LogP contribution in [-0.2, 0) is 11.1 Å². The molecule has 208 valence electrons. The number of anilines is 3. The van der Waals surface area contributed by atoms with Gasteiger partial charge in [-0.05, 0) is 66.8 Å². The van der Waals surface area contributed by atoms with Gasteiger partial charge in [0, 0.05) is 17.0 Å². The van der Waals surface area contributed by atoms with Crippen LogP contribution in [0.1, 0.15) is 79.7 Å². The van der Waals surface area contributed by atoms with Gasteiger partial charge in [0.05, 0.1) is 11.6 Å². The van der Waals surface area contributed by atoms with Gasteiger partial charge in [-0.15, -0.1) is 9.13 Å². The van der Waals surface area contributed by atoms with Crippen molar-refractivity contribution in [2.24, 2.45) is 0 Å². The van der Waals surface area contributed by atoms with Crippen molar-refractivity contribution in [2.45, 2.75) is 62.9 Å². The van der Waals surface area contributed by atoms with E-state index in [-0.39, 0.29) is 5.41 Å². The van der Waals surface area contributed by atoms with Gasteiger partial charge in [0.15, 0.2) is 22.6 Å². The lowest BCUT2D eigenvalue weighted by molar-refractivity contribution is -0.937. The molecule has 5 aliphatic heterocycles. The molecule has 1 saturated carbocycles. The van der Waals surface area contributed by atoms with Gasteiger partial charge in [0.1, 0.15) is 17.2 Å². The number of hydrogen-bond acceptors (Lipinski definition) is 3. The molecule has 0 bridgehead atoms. The van der Waals surface area contributed by atoms with Crippen LogP contribution in [0.2, 0.25) is 0 Å². The Hall–Kier alpha value is -4.64. The average molecular weight is 562 g/mol. The summed E-state index contributed by atoms with van der Waals surface area (Å²) in [7, 11) is 0. The first kappa shape index (κ1) is 22.9. The van der Waals surface area contributed by atoms with Crippen molar-refractivity contribution in [3.05, 3.63) is 113 Å². The van der Waals surface area contributed by atoms with Gasteiger partial charge in [-0.2, -0.15) is 4.90 Å². The molecule has 43 heavy (non-hydrogen) atoms. The van der Waals surface area contributed by atoms with E-state index < -0.39 is 5.66 Å². The first-order valence-corrected chi connectivity index (χ1v) is 15.8. The molecule has 1 aliphatic carbocycles. The van der Waals surface area contributed by atoms with Crippen LogP contribution in [0.15, 0.2) is 84.9 Å². The van der Waals surface area contributed by atoms with Gasteiger partial charge in [-0.3, -0.25) is 0 Å². The van der Waals surface area contributed by atoms with E-state index in [1.807, 2.05) is 0 Å². The first-order chi connectivity index (χ1) is 21.1. The second-order valence-corrected chi connectivity index (χ2v) is 13.6. The van der Waals surface area contributed by atoms with E-state index in [4.69, 9.17) is 9.47 Å². The van der Waals surface area contributed by atoms with Crippen molar-refractivity contribution < 1.29 is 18.6 Å². The second kappa shape index (κ2) is 7.28. The number of nitrogens with zero attached hydrogens (tertiary/aromatic N) is 3. The third-order valence-corrected chi connectivity index (χ3v) is 11.2. The first-order valence-electron chi connectivity index (χ1n) is 15.8. The molecule has 0 radical (unpaired) electrons. The Morgan fingerprint density at radius 1 is 0.674 bits per heavy atom. The molecule has 5 nitrogen and oxygen atoms in total. The largest absolute Gasteiger partial charge is 0.455 e. The van der Waals surface area contributed by atoms with Gasteiger partial charge in [-0.25, -0.2) is 0 Å². The third kappa shape index (κ3) is 2.41. The maximum absolute atomic E-state index is 6.90. The average Bonchev–Trinajstić information content (AvgIpc) is 3.33. The Balaban J connectivity index is 1.35. The predicted molar refractivity (Wildman–Crippen MR) is 163 cm³/mol. The molecule has 1 fully saturated rings. The van der Waals surface area contributed by atoms with Gasteiger partial charge in [0.2, 0.25) is 5.69 Å². The molecule has 1 unspecified atom stereocenters. The van der Waals surface area contributed by atoms with Crippen molar-refractivity contribution in [2.75, 3.05) is 4.90 Å². The third-order valence-electron chi connectivity index (χ3n) is 11.2. The molecular formula is C38H31N3O2+2. The fourth-order valence-electron chi connectivity index (χ4n) is 9.41. The van der Waals surface area contributed by atoms with Crippen LogP contribution in [0.5, 0.6) is 23.1 Å². The Labute approximate surface area is 250 Å². The maximum Gasteiger partial charge on any atom is 0.381 e. The van der Waals surface area contributed by atoms with Crippen LogP contribution >= 0.6 is 0 Å². The fourth-order valence-corrected chi connectivity index (χ4v) is 9.41. The van der Waals surface area contributed by atoms with Crippen LogP contribution in [0.4, 0.5) is 17.2 Å². The van der Waals surface area contributed by atoms with Crippen LogP contribution in [0, 0.1) is 0 Å². The lowest BCUT2D eigenvalue weighted by atomic mass is 9.72. The number of rotatable bonds is 1. The summed E-state index contributed by atoms with van der Waals surface area (Å²) in [6, 6.07) is 31.4. The van der Waals surface area contributed by atoms with Gasteiger partial charge >= 0.3 is 11.5 Å². The molecule has 0 amide bonds. The summed E-state index contributed by atoms with van der Waals surface area (Å²) < 4.78 is 18.8. The van der Waals surface area contributed by atoms with E-state index >= 15 is 0 Å². The van der Waals surface area contributed by atoms with Crippen LogP contribution in [-0.4, -0.2) is 0 Å². The lowest BCUT2D eigenvalue weighted by Gasteiger charge is -2.44. The summed E-state index contributed by atoms with van der Waals surface area (Å²) >= 11 is 0. The van der Waals surface area contributed by atoms with Gasteiger partial charge in [0.25, 0.3) is 11.5 Å². The number of fused-ring (bicyclic) bond motifs is 4. The highest BCUT2D eigenvalue weighted by atomic mass is 16.5. The molecule has 6 aliphatic rings. The Morgan fingerprint density at radius 2 is 1.42 bits per heavy atom. The molecule has 1 spiro atoms. The summed E-state index contributed by atoms with van der Waals surface area (Å²) in [5.74, 6) is 5.38. The molecule has 0 saturated heterocycles. The van der Waals surface area contributed by atoms with Gasteiger partial charge < -0.3 is 9.47 Å². The number of benzene rings is 3. The number of ether oxygens (including phenoxy) is 2. The van der Waals surface area contributed by atoms with Crippen LogP contribution < -0.4 is 23.5 Å². The minimum Gasteiger partial charge on any atom is -0.455 e. The molecule has 2 aromatic heterocycles. The number of aromatic nitrogens is 2. The second-order valence-electron chi connectivity index (χ2n) is 13.6. The summed E-state index contributed by atoms with van der Waals surface area (Å²) in [4.78, 5) is 2.50. The van der Waals surface area contributed by atoms with E-state index in [1.54, 1.807) is 0 Å². The monoisotopic (exact) mass is 561 g/mol. The SMILES string of the molecule is CC1(C)c2ccccc2N2c3cccc4c3C35c6c(cccc6Oc6cc(C7CCCCC7)cc([n+]63)-c3ccc1c2[n+]35)O4. The molecule has 0 N–H and O–H groups in total. The Bertz CT molecular complexity index is 2130. The van der Waals surface area contributed by atoms with E-state index in [2.05, 4.69) is 113 Å². The zero-order valence-electron chi connectivity index (χ0n) is 24.4. The van der Waals surface area contributed by atoms with Crippen molar-refractivity contribution >= 4 is 17.2 Å². The highest BCUT2D eigenvalue weighted by Gasteiger charge is 2.73. The smallest absolute Gasteiger partial charge is 0.381 e. The van der Waals surface area contributed by atoms with E-state index in [9.17, 15) is 0 Å². The number of pyridine rings is 2. The fraction of sp³-hybridized carbons (Fsp3) is 0.263. The highest BCUT2D eigenvalue weighted by molar-refractivity contribution is 5.88. The predicted octanol–water partition coefficient (Wildman–Crippen LogP) is 8.22. The molecule has 1 atom stereocenters. The quantitative estimate of drug-likeness (QED) is 0.189. The topological polar surface area (TPSA) is 29.5 Å². The highest BCUT2D eigenvalue weighted by Crippen LogP contribution is 2.63. The summed E-state index contributed by atoms with van der Waals surface area (Å²) in [5, 5.41) is 0. The van der Waals surface area contributed by atoms with Gasteiger partial charge in [-0.1, -0.05) is 63.4 Å². The summed E-state index contributed by atoms with van der Waals surface area (Å²) in [5.41, 5.74) is 10.4.